The molecule has 0 bridgehead atoms. The number of hydrogen-bond acceptors (Lipinski definition) is 6. The van der Waals surface area contributed by atoms with Crippen LogP contribution in [0.5, 0.6) is 11.5 Å². The fourth-order valence-corrected chi connectivity index (χ4v) is 3.09. The second kappa shape index (κ2) is 7.62. The Morgan fingerprint density at radius 2 is 1.80 bits per heavy atom. The number of anilines is 1. The second-order valence-electron chi connectivity index (χ2n) is 4.98. The van der Waals surface area contributed by atoms with Crippen LogP contribution in [0.25, 0.3) is 11.3 Å². The van der Waals surface area contributed by atoms with Crippen LogP contribution in [0.15, 0.2) is 46.9 Å². The molecule has 0 aliphatic rings. The molecule has 3 aromatic rings. The van der Waals surface area contributed by atoms with Crippen LogP contribution in [0, 0.1) is 0 Å². The lowest BCUT2D eigenvalue weighted by Gasteiger charge is -2.10. The topological polar surface area (TPSA) is 73.3 Å². The van der Waals surface area contributed by atoms with E-state index < -0.39 is 0 Å². The minimum atomic E-state index is -0.278. The van der Waals surface area contributed by atoms with Crippen molar-refractivity contribution in [1.82, 2.24) is 9.59 Å². The molecule has 1 heterocycles. The molecular weight excluding hydrogens is 406 g/mol. The third-order valence-corrected chi connectivity index (χ3v) is 4.71. The van der Waals surface area contributed by atoms with Crippen LogP contribution in [0.3, 0.4) is 0 Å². The molecule has 0 saturated carbocycles. The van der Waals surface area contributed by atoms with E-state index in [1.807, 2.05) is 24.3 Å². The van der Waals surface area contributed by atoms with Gasteiger partial charge >= 0.3 is 0 Å². The Morgan fingerprint density at radius 3 is 2.48 bits per heavy atom. The number of nitrogens with zero attached hydrogens (tertiary/aromatic N) is 2. The number of amides is 1. The zero-order valence-electron chi connectivity index (χ0n) is 13.4. The Kier molecular flexibility index (Phi) is 5.30. The van der Waals surface area contributed by atoms with E-state index in [4.69, 9.17) is 9.47 Å². The molecule has 0 aliphatic carbocycles. The standard InChI is InChI=1S/C17H14BrN3O3S/c1-23-13-8-7-12(9-14(13)24-2)19-17(22)16-15(20-21-25-16)10-3-5-11(18)6-4-10/h3-9H,1-2H3,(H,19,22). The van der Waals surface area contributed by atoms with Crippen molar-refractivity contribution < 1.29 is 14.3 Å². The third kappa shape index (κ3) is 3.80. The van der Waals surface area contributed by atoms with Gasteiger partial charge in [-0.15, -0.1) is 5.10 Å². The lowest BCUT2D eigenvalue weighted by atomic mass is 10.1. The van der Waals surface area contributed by atoms with E-state index in [2.05, 4.69) is 30.8 Å². The average molecular weight is 420 g/mol. The summed E-state index contributed by atoms with van der Waals surface area (Å²) in [6.07, 6.45) is 0. The van der Waals surface area contributed by atoms with Crippen molar-refractivity contribution in [3.63, 3.8) is 0 Å². The van der Waals surface area contributed by atoms with Crippen molar-refractivity contribution in [3.05, 3.63) is 51.8 Å². The number of rotatable bonds is 5. The predicted octanol–water partition coefficient (Wildman–Crippen LogP) is 4.24. The van der Waals surface area contributed by atoms with E-state index >= 15 is 0 Å². The number of carbonyl (C=O) groups excluding carboxylic acids is 1. The van der Waals surface area contributed by atoms with Crippen LogP contribution < -0.4 is 14.8 Å². The molecule has 0 spiro atoms. The monoisotopic (exact) mass is 419 g/mol. The minimum absolute atomic E-state index is 0.278. The molecule has 1 N–H and O–H groups in total. The number of carbonyl (C=O) groups is 1. The van der Waals surface area contributed by atoms with Gasteiger partial charge in [0.05, 0.1) is 14.2 Å². The Hall–Kier alpha value is -2.45. The molecule has 25 heavy (non-hydrogen) atoms. The van der Waals surface area contributed by atoms with Crippen molar-refractivity contribution in [1.29, 1.82) is 0 Å². The molecule has 0 unspecified atom stereocenters. The van der Waals surface area contributed by atoms with E-state index in [0.29, 0.717) is 27.8 Å². The summed E-state index contributed by atoms with van der Waals surface area (Å²) in [7, 11) is 3.10. The summed E-state index contributed by atoms with van der Waals surface area (Å²) in [4.78, 5) is 13.1. The van der Waals surface area contributed by atoms with E-state index in [1.165, 1.54) is 0 Å². The van der Waals surface area contributed by atoms with Crippen LogP contribution in [-0.4, -0.2) is 29.7 Å². The Morgan fingerprint density at radius 1 is 1.08 bits per heavy atom. The molecule has 128 valence electrons. The van der Waals surface area contributed by atoms with E-state index in [1.54, 1.807) is 32.4 Å². The molecular formula is C17H14BrN3O3S. The van der Waals surface area contributed by atoms with Crippen LogP contribution in [0.1, 0.15) is 9.67 Å². The summed E-state index contributed by atoms with van der Waals surface area (Å²) in [5.41, 5.74) is 1.97. The number of benzene rings is 2. The summed E-state index contributed by atoms with van der Waals surface area (Å²) >= 11 is 4.44. The third-order valence-electron chi connectivity index (χ3n) is 3.45. The first-order chi connectivity index (χ1) is 12.1. The van der Waals surface area contributed by atoms with Crippen LogP contribution in [-0.2, 0) is 0 Å². The maximum absolute atomic E-state index is 12.6. The summed E-state index contributed by atoms with van der Waals surface area (Å²) < 4.78 is 15.3. The normalized spacial score (nSPS) is 10.4. The Bertz CT molecular complexity index is 896. The molecule has 0 atom stereocenters. The zero-order chi connectivity index (χ0) is 17.8. The van der Waals surface area contributed by atoms with Gasteiger partial charge in [-0.25, -0.2) is 0 Å². The molecule has 3 rings (SSSR count). The summed E-state index contributed by atoms with van der Waals surface area (Å²) in [6.45, 7) is 0. The highest BCUT2D eigenvalue weighted by Gasteiger charge is 2.18. The largest absolute Gasteiger partial charge is 0.493 e. The lowest BCUT2D eigenvalue weighted by molar-refractivity contribution is 0.103. The second-order valence-corrected chi connectivity index (χ2v) is 6.65. The van der Waals surface area contributed by atoms with Gasteiger partial charge in [-0.05, 0) is 35.8 Å². The quantitative estimate of drug-likeness (QED) is 0.669. The Labute approximate surface area is 157 Å². The van der Waals surface area contributed by atoms with E-state index in [-0.39, 0.29) is 5.91 Å². The molecule has 1 aromatic heterocycles. The average Bonchev–Trinajstić information content (AvgIpc) is 3.12. The van der Waals surface area contributed by atoms with Crippen molar-refractivity contribution in [2.75, 3.05) is 19.5 Å². The molecule has 8 heteroatoms. The predicted molar refractivity (Wildman–Crippen MR) is 101 cm³/mol. The van der Waals surface area contributed by atoms with E-state index in [9.17, 15) is 4.79 Å². The zero-order valence-corrected chi connectivity index (χ0v) is 15.8. The van der Waals surface area contributed by atoms with Gasteiger partial charge in [0.1, 0.15) is 10.6 Å². The Balaban J connectivity index is 1.85. The van der Waals surface area contributed by atoms with Crippen molar-refractivity contribution in [3.8, 4) is 22.8 Å². The first-order valence-corrected chi connectivity index (χ1v) is 8.80. The fourth-order valence-electron chi connectivity index (χ4n) is 2.24. The minimum Gasteiger partial charge on any atom is -0.493 e. The highest BCUT2D eigenvalue weighted by atomic mass is 79.9. The number of ether oxygens (including phenoxy) is 2. The first kappa shape index (κ1) is 17.4. The van der Waals surface area contributed by atoms with Gasteiger partial charge in [0.15, 0.2) is 11.5 Å². The number of halogens is 1. The van der Waals surface area contributed by atoms with Gasteiger partial charge in [-0.2, -0.15) is 0 Å². The van der Waals surface area contributed by atoms with Crippen molar-refractivity contribution in [2.24, 2.45) is 0 Å². The van der Waals surface area contributed by atoms with Crippen LogP contribution in [0.4, 0.5) is 5.69 Å². The number of aromatic nitrogens is 2. The van der Waals surface area contributed by atoms with Gasteiger partial charge in [0.25, 0.3) is 5.91 Å². The fraction of sp³-hybridized carbons (Fsp3) is 0.118. The van der Waals surface area contributed by atoms with Crippen LogP contribution in [0.2, 0.25) is 0 Å². The van der Waals surface area contributed by atoms with Gasteiger partial charge in [-0.3, -0.25) is 4.79 Å². The van der Waals surface area contributed by atoms with Gasteiger partial charge in [0.2, 0.25) is 0 Å². The van der Waals surface area contributed by atoms with Gasteiger partial charge in [-0.1, -0.05) is 32.6 Å². The molecule has 0 saturated heterocycles. The number of methoxy groups -OCH3 is 2. The van der Waals surface area contributed by atoms with Crippen molar-refractivity contribution >= 4 is 39.1 Å². The molecule has 0 aliphatic heterocycles. The SMILES string of the molecule is COc1ccc(NC(=O)c2snnc2-c2ccc(Br)cc2)cc1OC. The first-order valence-electron chi connectivity index (χ1n) is 7.24. The number of nitrogens with one attached hydrogen (secondary N) is 1. The summed E-state index contributed by atoms with van der Waals surface area (Å²) in [5.74, 6) is 0.853. The van der Waals surface area contributed by atoms with Gasteiger partial charge < -0.3 is 14.8 Å². The summed E-state index contributed by atoms with van der Waals surface area (Å²) in [6, 6.07) is 12.7. The molecule has 0 fully saturated rings. The summed E-state index contributed by atoms with van der Waals surface area (Å²) in [5, 5.41) is 6.93. The molecule has 2 aromatic carbocycles. The smallest absolute Gasteiger partial charge is 0.269 e. The lowest BCUT2D eigenvalue weighted by Crippen LogP contribution is -2.11. The highest BCUT2D eigenvalue weighted by molar-refractivity contribution is 9.10. The maximum Gasteiger partial charge on any atom is 0.269 e. The van der Waals surface area contributed by atoms with E-state index in [0.717, 1.165) is 21.6 Å². The van der Waals surface area contributed by atoms with Crippen LogP contribution >= 0.6 is 27.5 Å². The number of hydrogen-bond donors (Lipinski definition) is 1. The molecule has 1 amide bonds. The molecule has 0 radical (unpaired) electrons. The highest BCUT2D eigenvalue weighted by Crippen LogP contribution is 2.31. The van der Waals surface area contributed by atoms with Gasteiger partial charge in [0, 0.05) is 21.8 Å². The maximum atomic E-state index is 12.6. The van der Waals surface area contributed by atoms with Crippen molar-refractivity contribution in [2.45, 2.75) is 0 Å². The molecule has 6 nitrogen and oxygen atoms in total.